The van der Waals surface area contributed by atoms with Crippen molar-refractivity contribution in [3.8, 4) is 0 Å². The molecule has 3 aromatic rings. The van der Waals surface area contributed by atoms with Gasteiger partial charge in [0.2, 0.25) is 10.0 Å². The van der Waals surface area contributed by atoms with Crippen LogP contribution in [0.2, 0.25) is 0 Å². The van der Waals surface area contributed by atoms with Gasteiger partial charge in [0.05, 0.1) is 17.7 Å². The van der Waals surface area contributed by atoms with Crippen LogP contribution < -0.4 is 15.0 Å². The predicted molar refractivity (Wildman–Crippen MR) is 139 cm³/mol. The molecule has 0 aliphatic rings. The summed E-state index contributed by atoms with van der Waals surface area (Å²) in [6, 6.07) is 21.3. The molecule has 2 amide bonds. The van der Waals surface area contributed by atoms with Gasteiger partial charge in [0.1, 0.15) is 6.54 Å². The Labute approximate surface area is 205 Å². The molecule has 2 N–H and O–H groups in total. The topological polar surface area (TPSA) is 108 Å². The van der Waals surface area contributed by atoms with E-state index in [9.17, 15) is 18.0 Å². The molecule has 0 unspecified atom stereocenters. The number of sulfonamides is 1. The fourth-order valence-electron chi connectivity index (χ4n) is 3.55. The highest BCUT2D eigenvalue weighted by Gasteiger charge is 2.23. The summed E-state index contributed by atoms with van der Waals surface area (Å²) in [5.41, 5.74) is 6.70. The Morgan fingerprint density at radius 3 is 2.11 bits per heavy atom. The van der Waals surface area contributed by atoms with Crippen LogP contribution in [0.3, 0.4) is 0 Å². The minimum atomic E-state index is -3.71. The number of rotatable bonds is 8. The minimum absolute atomic E-state index is 0.238. The summed E-state index contributed by atoms with van der Waals surface area (Å²) in [6.07, 6.45) is 1.07. The van der Waals surface area contributed by atoms with E-state index in [-0.39, 0.29) is 5.91 Å². The van der Waals surface area contributed by atoms with Gasteiger partial charge in [-0.1, -0.05) is 48.5 Å². The van der Waals surface area contributed by atoms with Crippen molar-refractivity contribution in [2.45, 2.75) is 20.8 Å². The average molecular weight is 493 g/mol. The molecule has 0 heterocycles. The van der Waals surface area contributed by atoms with Gasteiger partial charge in [-0.15, -0.1) is 0 Å². The number of nitrogens with one attached hydrogen (secondary N) is 2. The number of anilines is 2. The number of benzene rings is 3. The van der Waals surface area contributed by atoms with Crippen LogP contribution in [0, 0.1) is 13.8 Å². The molecule has 0 aromatic heterocycles. The molecular formula is C26H28N4O4S. The van der Waals surface area contributed by atoms with Crippen molar-refractivity contribution >= 4 is 38.9 Å². The summed E-state index contributed by atoms with van der Waals surface area (Å²) < 4.78 is 26.0. The zero-order valence-electron chi connectivity index (χ0n) is 20.1. The van der Waals surface area contributed by atoms with E-state index in [1.54, 1.807) is 81.4 Å². The monoisotopic (exact) mass is 492 g/mol. The predicted octanol–water partition coefficient (Wildman–Crippen LogP) is 3.86. The van der Waals surface area contributed by atoms with Crippen LogP contribution in [0.1, 0.15) is 34.0 Å². The summed E-state index contributed by atoms with van der Waals surface area (Å²) in [7, 11) is -3.71. The first kappa shape index (κ1) is 25.6. The number of carbonyl (C=O) groups excluding carboxylic acids is 2. The van der Waals surface area contributed by atoms with Gasteiger partial charge in [-0.2, -0.15) is 5.10 Å². The molecule has 3 aromatic carbocycles. The summed E-state index contributed by atoms with van der Waals surface area (Å²) in [6.45, 7) is 4.89. The lowest BCUT2D eigenvalue weighted by atomic mass is 10.1. The molecule has 0 fully saturated rings. The Hall–Kier alpha value is -3.98. The average Bonchev–Trinajstić information content (AvgIpc) is 2.82. The lowest BCUT2D eigenvalue weighted by Gasteiger charge is -2.25. The molecule has 0 atom stereocenters. The Balaban J connectivity index is 1.72. The standard InChI is InChI=1S/C26H28N4O4S/c1-18-10-8-11-19(2)25(18)30(35(4,33)34)17-24(31)29-28-20(3)22-14-9-15-23(16-22)27-26(32)21-12-6-5-7-13-21/h5-16H,17H2,1-4H3,(H,27,32)(H,29,31)/b28-20-. The van der Waals surface area contributed by atoms with Gasteiger partial charge in [0.25, 0.3) is 11.8 Å². The Kier molecular flexibility index (Phi) is 8.03. The van der Waals surface area contributed by atoms with Crippen molar-refractivity contribution in [3.63, 3.8) is 0 Å². The van der Waals surface area contributed by atoms with E-state index in [2.05, 4.69) is 15.8 Å². The van der Waals surface area contributed by atoms with E-state index in [1.165, 1.54) is 0 Å². The number of carbonyl (C=O) groups is 2. The largest absolute Gasteiger partial charge is 0.322 e. The number of hydrogen-bond acceptors (Lipinski definition) is 5. The molecule has 0 saturated heterocycles. The second-order valence-corrected chi connectivity index (χ2v) is 10.1. The van der Waals surface area contributed by atoms with Gasteiger partial charge in [0, 0.05) is 11.3 Å². The number of para-hydroxylation sites is 1. The highest BCUT2D eigenvalue weighted by molar-refractivity contribution is 7.92. The van der Waals surface area contributed by atoms with Gasteiger partial charge in [0.15, 0.2) is 0 Å². The van der Waals surface area contributed by atoms with Crippen LogP contribution in [-0.2, 0) is 14.8 Å². The third-order valence-electron chi connectivity index (χ3n) is 5.30. The van der Waals surface area contributed by atoms with Crippen LogP contribution in [0.15, 0.2) is 77.9 Å². The van der Waals surface area contributed by atoms with Crippen LogP contribution in [0.25, 0.3) is 0 Å². The maximum Gasteiger partial charge on any atom is 0.260 e. The van der Waals surface area contributed by atoms with Gasteiger partial charge < -0.3 is 5.32 Å². The summed E-state index contributed by atoms with van der Waals surface area (Å²) >= 11 is 0. The second kappa shape index (κ2) is 11.0. The number of amides is 2. The molecule has 3 rings (SSSR count). The normalized spacial score (nSPS) is 11.6. The number of hydrogen-bond donors (Lipinski definition) is 2. The molecule has 182 valence electrons. The fraction of sp³-hybridized carbons (Fsp3) is 0.192. The van der Waals surface area contributed by atoms with Crippen molar-refractivity contribution in [1.29, 1.82) is 0 Å². The van der Waals surface area contributed by atoms with Crippen molar-refractivity contribution in [2.24, 2.45) is 5.10 Å². The van der Waals surface area contributed by atoms with Crippen LogP contribution in [-0.4, -0.2) is 38.7 Å². The minimum Gasteiger partial charge on any atom is -0.322 e. The van der Waals surface area contributed by atoms with Gasteiger partial charge >= 0.3 is 0 Å². The van der Waals surface area contributed by atoms with Crippen molar-refractivity contribution < 1.29 is 18.0 Å². The van der Waals surface area contributed by atoms with E-state index >= 15 is 0 Å². The van der Waals surface area contributed by atoms with E-state index in [1.807, 2.05) is 12.1 Å². The molecule has 0 aliphatic heterocycles. The first-order valence-corrected chi connectivity index (χ1v) is 12.7. The zero-order chi connectivity index (χ0) is 25.6. The molecule has 9 heteroatoms. The molecule has 35 heavy (non-hydrogen) atoms. The SMILES string of the molecule is C/C(=N/NC(=O)CN(c1c(C)cccc1C)S(C)(=O)=O)c1cccc(NC(=O)c2ccccc2)c1. The van der Waals surface area contributed by atoms with E-state index in [0.29, 0.717) is 28.2 Å². The molecule has 8 nitrogen and oxygen atoms in total. The molecular weight excluding hydrogens is 464 g/mol. The highest BCUT2D eigenvalue weighted by atomic mass is 32.2. The maximum atomic E-state index is 12.6. The van der Waals surface area contributed by atoms with Crippen molar-refractivity contribution in [1.82, 2.24) is 5.43 Å². The quantitative estimate of drug-likeness (QED) is 0.368. The molecule has 0 aliphatic carbocycles. The van der Waals surface area contributed by atoms with Gasteiger partial charge in [-0.05, 0) is 61.7 Å². The second-order valence-electron chi connectivity index (χ2n) is 8.14. The number of aryl methyl sites for hydroxylation is 2. The van der Waals surface area contributed by atoms with Gasteiger partial charge in [-0.25, -0.2) is 13.8 Å². The number of nitrogens with zero attached hydrogens (tertiary/aromatic N) is 2. The molecule has 0 spiro atoms. The highest BCUT2D eigenvalue weighted by Crippen LogP contribution is 2.26. The first-order valence-electron chi connectivity index (χ1n) is 10.9. The zero-order valence-corrected chi connectivity index (χ0v) is 20.9. The molecule has 0 saturated carbocycles. The molecule has 0 radical (unpaired) electrons. The Morgan fingerprint density at radius 2 is 1.49 bits per heavy atom. The summed E-state index contributed by atoms with van der Waals surface area (Å²) in [5.74, 6) is -0.816. The summed E-state index contributed by atoms with van der Waals surface area (Å²) in [5, 5.41) is 6.96. The lowest BCUT2D eigenvalue weighted by molar-refractivity contribution is -0.119. The third kappa shape index (κ3) is 6.77. The lowest BCUT2D eigenvalue weighted by Crippen LogP contribution is -2.40. The van der Waals surface area contributed by atoms with E-state index < -0.39 is 22.5 Å². The number of hydrazone groups is 1. The van der Waals surface area contributed by atoms with Crippen LogP contribution >= 0.6 is 0 Å². The first-order chi connectivity index (χ1) is 16.6. The smallest absolute Gasteiger partial charge is 0.260 e. The Bertz CT molecular complexity index is 1350. The van der Waals surface area contributed by atoms with E-state index in [0.717, 1.165) is 21.7 Å². The van der Waals surface area contributed by atoms with Crippen LogP contribution in [0.4, 0.5) is 11.4 Å². The summed E-state index contributed by atoms with van der Waals surface area (Å²) in [4.78, 5) is 25.0. The fourth-order valence-corrected chi connectivity index (χ4v) is 4.52. The van der Waals surface area contributed by atoms with Crippen molar-refractivity contribution in [3.05, 3.63) is 95.1 Å². The van der Waals surface area contributed by atoms with Crippen molar-refractivity contribution in [2.75, 3.05) is 22.4 Å². The Morgan fingerprint density at radius 1 is 0.886 bits per heavy atom. The van der Waals surface area contributed by atoms with Gasteiger partial charge in [-0.3, -0.25) is 13.9 Å². The third-order valence-corrected chi connectivity index (χ3v) is 6.41. The maximum absolute atomic E-state index is 12.6. The molecule has 0 bridgehead atoms. The van der Waals surface area contributed by atoms with E-state index in [4.69, 9.17) is 0 Å². The van der Waals surface area contributed by atoms with Crippen LogP contribution in [0.5, 0.6) is 0 Å².